The molecule has 0 bridgehead atoms. The summed E-state index contributed by atoms with van der Waals surface area (Å²) in [5.74, 6) is -1.87. The van der Waals surface area contributed by atoms with Crippen molar-refractivity contribution >= 4 is 41.2 Å². The molecule has 1 atom stereocenters. The highest BCUT2D eigenvalue weighted by atomic mass is 32.2. The Morgan fingerprint density at radius 3 is 2.58 bits per heavy atom. The minimum Gasteiger partial charge on any atom is -0.324 e. The van der Waals surface area contributed by atoms with E-state index < -0.39 is 46.3 Å². The van der Waals surface area contributed by atoms with Crippen LogP contribution >= 0.6 is 11.8 Å². The van der Waals surface area contributed by atoms with Crippen molar-refractivity contribution in [2.45, 2.75) is 60.4 Å². The molecule has 8 nitrogen and oxygen atoms in total. The lowest BCUT2D eigenvalue weighted by molar-refractivity contribution is -0.140. The Bertz CT molecular complexity index is 962. The molecule has 1 spiro atoms. The maximum Gasteiger partial charge on any atom is 0.416 e. The fourth-order valence-corrected chi connectivity index (χ4v) is 5.11. The van der Waals surface area contributed by atoms with Gasteiger partial charge in [-0.3, -0.25) is 19.8 Å². The molecule has 1 aromatic carbocycles. The number of imide groups is 1. The zero-order valence-corrected chi connectivity index (χ0v) is 17.0. The van der Waals surface area contributed by atoms with Crippen molar-refractivity contribution in [2.24, 2.45) is 0 Å². The summed E-state index contributed by atoms with van der Waals surface area (Å²) in [4.78, 5) is 50.1. The zero-order chi connectivity index (χ0) is 22.4. The number of fused-ring (bicyclic) bond motifs is 1. The van der Waals surface area contributed by atoms with E-state index in [1.165, 1.54) is 6.07 Å². The molecule has 12 heteroatoms. The average Bonchev–Trinajstić information content (AvgIpc) is 2.92. The first kappa shape index (κ1) is 21.5. The summed E-state index contributed by atoms with van der Waals surface area (Å²) < 4.78 is 38.6. The number of nitrogens with zero attached hydrogens (tertiary/aromatic N) is 1. The third kappa shape index (κ3) is 4.08. The SMILES string of the molecule is O=C(CC1Sc2ccc(C(F)(F)F)cc2NC1=O)NN1C(=O)NC2(CCCCC2)C1=O. The number of halogens is 3. The topological polar surface area (TPSA) is 108 Å². The summed E-state index contributed by atoms with van der Waals surface area (Å²) in [6.45, 7) is 0. The summed E-state index contributed by atoms with van der Waals surface area (Å²) in [6, 6.07) is 2.26. The lowest BCUT2D eigenvalue weighted by Crippen LogP contribution is -2.51. The summed E-state index contributed by atoms with van der Waals surface area (Å²) in [5.41, 5.74) is 0.403. The predicted molar refractivity (Wildman–Crippen MR) is 104 cm³/mol. The average molecular weight is 456 g/mol. The molecular formula is C19H19F3N4O4S. The number of alkyl halides is 3. The first-order valence-electron chi connectivity index (χ1n) is 9.74. The van der Waals surface area contributed by atoms with Crippen molar-refractivity contribution < 1.29 is 32.3 Å². The standard InChI is InChI=1S/C19H19F3N4O4S/c20-19(21,22)10-4-5-12-11(8-10)23-15(28)13(31-12)9-14(27)25-26-16(29)18(24-17(26)30)6-2-1-3-7-18/h4-5,8,13H,1-3,6-7,9H2,(H,23,28)(H,24,30)(H,25,27). The van der Waals surface area contributed by atoms with Gasteiger partial charge in [0.25, 0.3) is 5.91 Å². The molecule has 5 amide bonds. The molecule has 3 aliphatic rings. The van der Waals surface area contributed by atoms with Gasteiger partial charge in [0.15, 0.2) is 0 Å². The number of thioether (sulfide) groups is 1. The molecule has 1 unspecified atom stereocenters. The van der Waals surface area contributed by atoms with E-state index in [9.17, 15) is 32.3 Å². The highest BCUT2D eigenvalue weighted by molar-refractivity contribution is 8.01. The zero-order valence-electron chi connectivity index (χ0n) is 16.2. The lowest BCUT2D eigenvalue weighted by atomic mass is 9.82. The van der Waals surface area contributed by atoms with E-state index in [0.717, 1.165) is 43.2 Å². The fraction of sp³-hybridized carbons (Fsp3) is 0.474. The van der Waals surface area contributed by atoms with E-state index in [1.807, 2.05) is 0 Å². The summed E-state index contributed by atoms with van der Waals surface area (Å²) >= 11 is 0.950. The molecule has 4 rings (SSSR count). The minimum absolute atomic E-state index is 0.0230. The second-order valence-electron chi connectivity index (χ2n) is 7.76. The molecule has 1 saturated carbocycles. The second-order valence-corrected chi connectivity index (χ2v) is 9.00. The molecule has 2 fully saturated rings. The Morgan fingerprint density at radius 1 is 1.19 bits per heavy atom. The van der Waals surface area contributed by atoms with Crippen molar-refractivity contribution in [3.63, 3.8) is 0 Å². The van der Waals surface area contributed by atoms with Crippen LogP contribution in [0.5, 0.6) is 0 Å². The first-order chi connectivity index (χ1) is 14.6. The van der Waals surface area contributed by atoms with Crippen molar-refractivity contribution in [1.82, 2.24) is 15.8 Å². The maximum absolute atomic E-state index is 12.9. The Balaban J connectivity index is 1.41. The van der Waals surface area contributed by atoms with Gasteiger partial charge in [0.2, 0.25) is 11.8 Å². The molecular weight excluding hydrogens is 437 g/mol. The van der Waals surface area contributed by atoms with Crippen LogP contribution in [0.4, 0.5) is 23.7 Å². The molecule has 166 valence electrons. The Labute approximate surface area is 179 Å². The second kappa shape index (κ2) is 7.74. The quantitative estimate of drug-likeness (QED) is 0.607. The van der Waals surface area contributed by atoms with Gasteiger partial charge in [-0.2, -0.15) is 18.2 Å². The van der Waals surface area contributed by atoms with Crippen molar-refractivity contribution in [1.29, 1.82) is 0 Å². The Kier molecular flexibility index (Phi) is 5.36. The number of hydrazine groups is 1. The van der Waals surface area contributed by atoms with Crippen LogP contribution in [0, 0.1) is 0 Å². The predicted octanol–water partition coefficient (Wildman–Crippen LogP) is 2.79. The van der Waals surface area contributed by atoms with E-state index in [0.29, 0.717) is 22.7 Å². The number of rotatable bonds is 3. The smallest absolute Gasteiger partial charge is 0.324 e. The Hall–Kier alpha value is -2.76. The molecule has 2 aliphatic heterocycles. The van der Waals surface area contributed by atoms with Gasteiger partial charge >= 0.3 is 12.2 Å². The third-order valence-electron chi connectivity index (χ3n) is 5.60. The fourth-order valence-electron chi connectivity index (χ4n) is 4.02. The number of hydrogen-bond donors (Lipinski definition) is 3. The summed E-state index contributed by atoms with van der Waals surface area (Å²) in [7, 11) is 0. The molecule has 1 saturated heterocycles. The molecule has 1 aliphatic carbocycles. The number of nitrogens with one attached hydrogen (secondary N) is 3. The molecule has 1 aromatic rings. The minimum atomic E-state index is -4.54. The van der Waals surface area contributed by atoms with Crippen LogP contribution in [0.3, 0.4) is 0 Å². The highest BCUT2D eigenvalue weighted by Gasteiger charge is 2.52. The lowest BCUT2D eigenvalue weighted by Gasteiger charge is -2.30. The normalized spacial score (nSPS) is 22.7. The monoisotopic (exact) mass is 456 g/mol. The van der Waals surface area contributed by atoms with Crippen molar-refractivity contribution in [3.05, 3.63) is 23.8 Å². The highest BCUT2D eigenvalue weighted by Crippen LogP contribution is 2.40. The Morgan fingerprint density at radius 2 is 1.90 bits per heavy atom. The van der Waals surface area contributed by atoms with Crippen LogP contribution < -0.4 is 16.1 Å². The number of hydrogen-bond acceptors (Lipinski definition) is 5. The van der Waals surface area contributed by atoms with Crippen LogP contribution in [0.2, 0.25) is 0 Å². The van der Waals surface area contributed by atoms with Crippen LogP contribution in [0.25, 0.3) is 0 Å². The maximum atomic E-state index is 12.9. The van der Waals surface area contributed by atoms with E-state index in [2.05, 4.69) is 16.1 Å². The summed E-state index contributed by atoms with van der Waals surface area (Å²) in [5, 5.41) is 4.78. The van der Waals surface area contributed by atoms with Crippen molar-refractivity contribution in [2.75, 3.05) is 5.32 Å². The van der Waals surface area contributed by atoms with Gasteiger partial charge in [-0.15, -0.1) is 11.8 Å². The van der Waals surface area contributed by atoms with E-state index in [4.69, 9.17) is 0 Å². The summed E-state index contributed by atoms with van der Waals surface area (Å²) in [6.07, 6.45) is -1.34. The first-order valence-corrected chi connectivity index (χ1v) is 10.6. The van der Waals surface area contributed by atoms with Gasteiger partial charge in [-0.25, -0.2) is 4.79 Å². The molecule has 31 heavy (non-hydrogen) atoms. The van der Waals surface area contributed by atoms with E-state index in [-0.39, 0.29) is 12.1 Å². The van der Waals surface area contributed by atoms with Crippen LogP contribution in [0.1, 0.15) is 44.1 Å². The van der Waals surface area contributed by atoms with Gasteiger partial charge in [0, 0.05) is 11.3 Å². The third-order valence-corrected chi connectivity index (χ3v) is 6.88. The largest absolute Gasteiger partial charge is 0.416 e. The molecule has 2 heterocycles. The van der Waals surface area contributed by atoms with Gasteiger partial charge < -0.3 is 10.6 Å². The van der Waals surface area contributed by atoms with Gasteiger partial charge in [-0.05, 0) is 31.0 Å². The van der Waals surface area contributed by atoms with Crippen LogP contribution in [-0.2, 0) is 20.6 Å². The number of amides is 5. The molecule has 3 N–H and O–H groups in total. The van der Waals surface area contributed by atoms with Gasteiger partial charge in [0.1, 0.15) is 5.54 Å². The van der Waals surface area contributed by atoms with Gasteiger partial charge in [-0.1, -0.05) is 19.3 Å². The number of urea groups is 1. The molecule has 0 radical (unpaired) electrons. The van der Waals surface area contributed by atoms with Crippen molar-refractivity contribution in [3.8, 4) is 0 Å². The number of benzene rings is 1. The van der Waals surface area contributed by atoms with Crippen LogP contribution in [-0.4, -0.2) is 39.6 Å². The van der Waals surface area contributed by atoms with Gasteiger partial charge in [0.05, 0.1) is 16.5 Å². The number of carbonyl (C=O) groups excluding carboxylic acids is 4. The molecule has 0 aromatic heterocycles. The van der Waals surface area contributed by atoms with E-state index in [1.54, 1.807) is 0 Å². The number of anilines is 1. The van der Waals surface area contributed by atoms with Crippen LogP contribution in [0.15, 0.2) is 23.1 Å². The number of carbonyl (C=O) groups is 4. The van der Waals surface area contributed by atoms with E-state index >= 15 is 0 Å².